The van der Waals surface area contributed by atoms with Crippen molar-refractivity contribution in [3.63, 3.8) is 0 Å². The highest BCUT2D eigenvalue weighted by molar-refractivity contribution is 5.95. The molecule has 0 aromatic heterocycles. The summed E-state index contributed by atoms with van der Waals surface area (Å²) in [7, 11) is 0. The lowest BCUT2D eigenvalue weighted by molar-refractivity contribution is -0.126. The Morgan fingerprint density at radius 3 is 2.65 bits per heavy atom. The fourth-order valence-electron chi connectivity index (χ4n) is 2.93. The van der Waals surface area contributed by atoms with E-state index in [0.29, 0.717) is 43.4 Å². The third-order valence-corrected chi connectivity index (χ3v) is 4.08. The molecule has 0 radical (unpaired) electrons. The molecule has 1 fully saturated rings. The number of rotatable bonds is 6. The number of amides is 2. The van der Waals surface area contributed by atoms with Gasteiger partial charge < -0.3 is 19.7 Å². The minimum Gasteiger partial charge on any atom is -0.490 e. The molecule has 0 spiro atoms. The highest BCUT2D eigenvalue weighted by Gasteiger charge is 2.24. The van der Waals surface area contributed by atoms with Crippen LogP contribution in [0.2, 0.25) is 0 Å². The Balaban J connectivity index is 2.05. The van der Waals surface area contributed by atoms with Crippen LogP contribution in [0.1, 0.15) is 44.0 Å². The van der Waals surface area contributed by atoms with E-state index >= 15 is 0 Å². The van der Waals surface area contributed by atoms with E-state index in [1.54, 1.807) is 30.0 Å². The van der Waals surface area contributed by atoms with Crippen LogP contribution >= 0.6 is 0 Å². The second-order valence-electron chi connectivity index (χ2n) is 5.97. The van der Waals surface area contributed by atoms with Crippen molar-refractivity contribution in [3.05, 3.63) is 23.8 Å². The largest absolute Gasteiger partial charge is 0.490 e. The summed E-state index contributed by atoms with van der Waals surface area (Å²) in [6, 6.07) is 5.08. The zero-order valence-electron chi connectivity index (χ0n) is 15.6. The van der Waals surface area contributed by atoms with Crippen molar-refractivity contribution >= 4 is 11.8 Å². The van der Waals surface area contributed by atoms with Crippen molar-refractivity contribution < 1.29 is 19.1 Å². The van der Waals surface area contributed by atoms with Gasteiger partial charge in [-0.05, 0) is 57.7 Å². The Labute approximate surface area is 154 Å². The Morgan fingerprint density at radius 1 is 1.23 bits per heavy atom. The van der Waals surface area contributed by atoms with Crippen molar-refractivity contribution in [1.82, 2.24) is 10.2 Å². The molecule has 1 aliphatic heterocycles. The standard InChI is InChI=1S/C20H26N2O4/c1-4-8-19(23)22-12-7-9-16(14-22)21-20(24)15-10-11-17(25-5-2)18(13-15)26-6-3/h10-11,13,16H,5-7,9,12,14H2,1-3H3,(H,21,24). The number of carbonyl (C=O) groups is 2. The summed E-state index contributed by atoms with van der Waals surface area (Å²) in [6.45, 7) is 7.60. The number of nitrogens with one attached hydrogen (secondary N) is 1. The number of benzene rings is 1. The second kappa shape index (κ2) is 9.71. The summed E-state index contributed by atoms with van der Waals surface area (Å²) in [5.41, 5.74) is 0.508. The summed E-state index contributed by atoms with van der Waals surface area (Å²) in [5, 5.41) is 3.01. The second-order valence-corrected chi connectivity index (χ2v) is 5.97. The number of hydrogen-bond acceptors (Lipinski definition) is 4. The number of carbonyl (C=O) groups excluding carboxylic acids is 2. The average Bonchev–Trinajstić information content (AvgIpc) is 2.64. The van der Waals surface area contributed by atoms with Crippen LogP contribution in [0.4, 0.5) is 0 Å². The van der Waals surface area contributed by atoms with Crippen molar-refractivity contribution in [2.75, 3.05) is 26.3 Å². The van der Waals surface area contributed by atoms with Gasteiger partial charge in [-0.1, -0.05) is 5.92 Å². The van der Waals surface area contributed by atoms with E-state index in [1.165, 1.54) is 0 Å². The fraction of sp³-hybridized carbons (Fsp3) is 0.500. The van der Waals surface area contributed by atoms with Gasteiger partial charge in [0.1, 0.15) is 0 Å². The van der Waals surface area contributed by atoms with E-state index in [-0.39, 0.29) is 17.9 Å². The predicted octanol–water partition coefficient (Wildman–Crippen LogP) is 2.23. The maximum Gasteiger partial charge on any atom is 0.298 e. The predicted molar refractivity (Wildman–Crippen MR) is 99.3 cm³/mol. The van der Waals surface area contributed by atoms with Gasteiger partial charge in [-0.3, -0.25) is 9.59 Å². The lowest BCUT2D eigenvalue weighted by Gasteiger charge is -2.32. The summed E-state index contributed by atoms with van der Waals surface area (Å²) >= 11 is 0. The van der Waals surface area contributed by atoms with Gasteiger partial charge in [0, 0.05) is 24.7 Å². The molecule has 1 N–H and O–H groups in total. The van der Waals surface area contributed by atoms with Gasteiger partial charge in [0.15, 0.2) is 11.5 Å². The molecule has 0 bridgehead atoms. The molecule has 1 saturated heterocycles. The van der Waals surface area contributed by atoms with Gasteiger partial charge in [-0.25, -0.2) is 0 Å². The first-order valence-corrected chi connectivity index (χ1v) is 9.01. The zero-order chi connectivity index (χ0) is 18.9. The molecule has 140 valence electrons. The summed E-state index contributed by atoms with van der Waals surface area (Å²) < 4.78 is 11.1. The quantitative estimate of drug-likeness (QED) is 0.792. The van der Waals surface area contributed by atoms with E-state index in [4.69, 9.17) is 9.47 Å². The molecule has 1 aromatic rings. The van der Waals surface area contributed by atoms with Crippen LogP contribution in [0.3, 0.4) is 0 Å². The normalized spacial score (nSPS) is 16.3. The van der Waals surface area contributed by atoms with E-state index in [1.807, 2.05) is 13.8 Å². The molecule has 1 atom stereocenters. The van der Waals surface area contributed by atoms with E-state index in [2.05, 4.69) is 17.2 Å². The van der Waals surface area contributed by atoms with Crippen molar-refractivity contribution in [2.24, 2.45) is 0 Å². The summed E-state index contributed by atoms with van der Waals surface area (Å²) in [5.74, 6) is 5.99. The lowest BCUT2D eigenvalue weighted by Crippen LogP contribution is -2.49. The molecule has 2 rings (SSSR count). The van der Waals surface area contributed by atoms with Crippen LogP contribution in [0.15, 0.2) is 18.2 Å². The van der Waals surface area contributed by atoms with Crippen LogP contribution in [0, 0.1) is 11.8 Å². The molecule has 0 aliphatic carbocycles. The lowest BCUT2D eigenvalue weighted by atomic mass is 10.0. The number of piperidine rings is 1. The molecule has 2 amide bonds. The minimum absolute atomic E-state index is 0.0824. The molecule has 6 heteroatoms. The maximum absolute atomic E-state index is 12.6. The first-order valence-electron chi connectivity index (χ1n) is 9.01. The molecule has 1 heterocycles. The average molecular weight is 358 g/mol. The first-order chi connectivity index (χ1) is 12.6. The molecular weight excluding hydrogens is 332 g/mol. The van der Waals surface area contributed by atoms with E-state index < -0.39 is 0 Å². The first kappa shape index (κ1) is 19.6. The molecule has 0 saturated carbocycles. The highest BCUT2D eigenvalue weighted by Crippen LogP contribution is 2.28. The van der Waals surface area contributed by atoms with Crippen LogP contribution < -0.4 is 14.8 Å². The topological polar surface area (TPSA) is 67.9 Å². The number of hydrogen-bond donors (Lipinski definition) is 1. The maximum atomic E-state index is 12.6. The summed E-state index contributed by atoms with van der Waals surface area (Å²) in [4.78, 5) is 26.2. The minimum atomic E-state index is -0.189. The number of nitrogens with zero attached hydrogens (tertiary/aromatic N) is 1. The molecule has 1 aromatic carbocycles. The SMILES string of the molecule is CC#CC(=O)N1CCCC(NC(=O)c2ccc(OCC)c(OCC)c2)C1. The van der Waals surface area contributed by atoms with Crippen molar-refractivity contribution in [3.8, 4) is 23.3 Å². The van der Waals surface area contributed by atoms with Crippen molar-refractivity contribution in [1.29, 1.82) is 0 Å². The molecule has 26 heavy (non-hydrogen) atoms. The third kappa shape index (κ3) is 5.16. The Kier molecular flexibility index (Phi) is 7.34. The monoisotopic (exact) mass is 358 g/mol. The van der Waals surface area contributed by atoms with Crippen LogP contribution in [0.25, 0.3) is 0 Å². The van der Waals surface area contributed by atoms with Gasteiger partial charge in [0.25, 0.3) is 11.8 Å². The summed E-state index contributed by atoms with van der Waals surface area (Å²) in [6.07, 6.45) is 1.68. The smallest absolute Gasteiger partial charge is 0.298 e. The molecule has 6 nitrogen and oxygen atoms in total. The Bertz CT molecular complexity index is 705. The third-order valence-electron chi connectivity index (χ3n) is 4.08. The Hall–Kier alpha value is -2.68. The van der Waals surface area contributed by atoms with Gasteiger partial charge in [-0.15, -0.1) is 0 Å². The van der Waals surface area contributed by atoms with E-state index in [0.717, 1.165) is 12.8 Å². The van der Waals surface area contributed by atoms with Gasteiger partial charge >= 0.3 is 0 Å². The number of ether oxygens (including phenoxy) is 2. The Morgan fingerprint density at radius 2 is 1.96 bits per heavy atom. The van der Waals surface area contributed by atoms with Crippen LogP contribution in [-0.2, 0) is 4.79 Å². The highest BCUT2D eigenvalue weighted by atomic mass is 16.5. The zero-order valence-corrected chi connectivity index (χ0v) is 15.6. The molecular formula is C20H26N2O4. The number of likely N-dealkylation sites (tertiary alicyclic amines) is 1. The molecule has 1 aliphatic rings. The van der Waals surface area contributed by atoms with E-state index in [9.17, 15) is 9.59 Å². The van der Waals surface area contributed by atoms with Crippen LogP contribution in [-0.4, -0.2) is 49.1 Å². The van der Waals surface area contributed by atoms with Gasteiger partial charge in [-0.2, -0.15) is 0 Å². The van der Waals surface area contributed by atoms with Gasteiger partial charge in [0.2, 0.25) is 0 Å². The fourth-order valence-corrected chi connectivity index (χ4v) is 2.93. The van der Waals surface area contributed by atoms with Crippen LogP contribution in [0.5, 0.6) is 11.5 Å². The van der Waals surface area contributed by atoms with Crippen molar-refractivity contribution in [2.45, 2.75) is 39.7 Å². The van der Waals surface area contributed by atoms with Gasteiger partial charge in [0.05, 0.1) is 13.2 Å². The molecule has 1 unspecified atom stereocenters.